The first-order chi connectivity index (χ1) is 12.5. The Morgan fingerprint density at radius 3 is 2.46 bits per heavy atom. The molecule has 6 nitrogen and oxygen atoms in total. The van der Waals surface area contributed by atoms with Crippen LogP contribution in [0, 0.1) is 17.0 Å². The van der Waals surface area contributed by atoms with Crippen molar-refractivity contribution in [1.82, 2.24) is 4.98 Å². The number of hydrogen-bond acceptors (Lipinski definition) is 4. The molecule has 0 atom stereocenters. The Labute approximate surface area is 147 Å². The number of non-ortho nitro benzene ring substituents is 1. The summed E-state index contributed by atoms with van der Waals surface area (Å²) in [6.45, 7) is 1.96. The molecular formula is C20H14N2O4. The molecule has 0 aliphatic heterocycles. The maximum atomic E-state index is 13.0. The van der Waals surface area contributed by atoms with Gasteiger partial charge in [-0.15, -0.1) is 0 Å². The minimum absolute atomic E-state index is 0.156. The lowest BCUT2D eigenvalue weighted by atomic mass is 10.1. The smallest absolute Gasteiger partial charge is 0.293 e. The van der Waals surface area contributed by atoms with E-state index in [2.05, 4.69) is 4.98 Å². The second-order valence-electron chi connectivity index (χ2n) is 6.00. The van der Waals surface area contributed by atoms with Crippen LogP contribution in [0.25, 0.3) is 21.8 Å². The molecule has 1 aromatic heterocycles. The number of nitrogens with one attached hydrogen (secondary N) is 1. The number of rotatable bonds is 3. The van der Waals surface area contributed by atoms with Gasteiger partial charge in [-0.25, -0.2) is 0 Å². The quantitative estimate of drug-likeness (QED) is 0.331. The minimum Gasteiger partial charge on any atom is -0.457 e. The molecule has 1 heterocycles. The molecule has 4 rings (SSSR count). The molecule has 0 aliphatic rings. The molecule has 0 saturated carbocycles. The molecule has 1 N–H and O–H groups in total. The third-order valence-corrected chi connectivity index (χ3v) is 4.25. The molecule has 0 unspecified atom stereocenters. The summed E-state index contributed by atoms with van der Waals surface area (Å²) in [5.74, 6) is 0.833. The summed E-state index contributed by atoms with van der Waals surface area (Å²) in [5.41, 5.74) is 1.30. The monoisotopic (exact) mass is 346 g/mol. The van der Waals surface area contributed by atoms with Crippen LogP contribution in [0.1, 0.15) is 5.56 Å². The molecule has 3 aromatic carbocycles. The van der Waals surface area contributed by atoms with Gasteiger partial charge >= 0.3 is 0 Å². The van der Waals surface area contributed by atoms with Crippen LogP contribution in [-0.4, -0.2) is 9.91 Å². The number of aromatic nitrogens is 1. The Hall–Kier alpha value is -3.67. The Morgan fingerprint density at radius 2 is 1.73 bits per heavy atom. The van der Waals surface area contributed by atoms with Crippen LogP contribution in [0.2, 0.25) is 0 Å². The van der Waals surface area contributed by atoms with Crippen LogP contribution >= 0.6 is 0 Å². The molecule has 26 heavy (non-hydrogen) atoms. The molecule has 0 fully saturated rings. The van der Waals surface area contributed by atoms with Crippen LogP contribution < -0.4 is 10.2 Å². The Morgan fingerprint density at radius 1 is 1.00 bits per heavy atom. The van der Waals surface area contributed by atoms with Crippen molar-refractivity contribution in [3.05, 3.63) is 86.6 Å². The van der Waals surface area contributed by atoms with Crippen LogP contribution in [0.4, 0.5) is 5.69 Å². The second-order valence-corrected chi connectivity index (χ2v) is 6.00. The fourth-order valence-electron chi connectivity index (χ4n) is 2.95. The van der Waals surface area contributed by atoms with E-state index >= 15 is 0 Å². The summed E-state index contributed by atoms with van der Waals surface area (Å²) in [5, 5.41) is 12.0. The fourth-order valence-corrected chi connectivity index (χ4v) is 2.95. The maximum absolute atomic E-state index is 13.0. The van der Waals surface area contributed by atoms with E-state index in [1.165, 1.54) is 12.1 Å². The van der Waals surface area contributed by atoms with E-state index in [-0.39, 0.29) is 27.8 Å². The lowest BCUT2D eigenvalue weighted by Crippen LogP contribution is -2.07. The molecule has 0 bridgehead atoms. The van der Waals surface area contributed by atoms with Crippen LogP contribution in [0.5, 0.6) is 11.5 Å². The normalized spacial score (nSPS) is 11.0. The fraction of sp³-hybridized carbons (Fsp3) is 0.0500. The summed E-state index contributed by atoms with van der Waals surface area (Å²) in [7, 11) is 0. The van der Waals surface area contributed by atoms with Crippen molar-refractivity contribution in [2.75, 3.05) is 0 Å². The van der Waals surface area contributed by atoms with Gasteiger partial charge in [0.2, 0.25) is 5.43 Å². The van der Waals surface area contributed by atoms with Gasteiger partial charge in [-0.05, 0) is 37.3 Å². The highest BCUT2D eigenvalue weighted by molar-refractivity contribution is 5.99. The molecule has 0 spiro atoms. The SMILES string of the molecule is Cc1ccc(Oc2ccc([N+](=O)[O-])c3[nH]c4ccccc4c(=O)c23)cc1. The number of aryl methyl sites for hydroxylation is 1. The van der Waals surface area contributed by atoms with Crippen molar-refractivity contribution in [1.29, 1.82) is 0 Å². The number of ether oxygens (including phenoxy) is 1. The van der Waals surface area contributed by atoms with Gasteiger partial charge in [-0.1, -0.05) is 29.8 Å². The Bertz CT molecular complexity index is 1210. The largest absolute Gasteiger partial charge is 0.457 e. The first kappa shape index (κ1) is 15.8. The number of aromatic amines is 1. The number of para-hydroxylation sites is 1. The molecule has 128 valence electrons. The van der Waals surface area contributed by atoms with Gasteiger partial charge < -0.3 is 9.72 Å². The van der Waals surface area contributed by atoms with Crippen molar-refractivity contribution in [2.45, 2.75) is 6.92 Å². The number of pyridine rings is 1. The summed E-state index contributed by atoms with van der Waals surface area (Å²) < 4.78 is 5.87. The molecule has 4 aromatic rings. The summed E-state index contributed by atoms with van der Waals surface area (Å²) in [4.78, 5) is 26.9. The highest BCUT2D eigenvalue weighted by atomic mass is 16.6. The van der Waals surface area contributed by atoms with E-state index in [1.54, 1.807) is 36.4 Å². The second kappa shape index (κ2) is 6.00. The van der Waals surface area contributed by atoms with Crippen molar-refractivity contribution < 1.29 is 9.66 Å². The molecule has 0 amide bonds. The van der Waals surface area contributed by atoms with E-state index < -0.39 is 4.92 Å². The van der Waals surface area contributed by atoms with Gasteiger partial charge in [0, 0.05) is 17.0 Å². The Kier molecular flexibility index (Phi) is 3.65. The molecule has 6 heteroatoms. The number of fused-ring (bicyclic) bond motifs is 2. The topological polar surface area (TPSA) is 85.2 Å². The average molecular weight is 346 g/mol. The first-order valence-electron chi connectivity index (χ1n) is 8.01. The van der Waals surface area contributed by atoms with Crippen molar-refractivity contribution in [2.24, 2.45) is 0 Å². The summed E-state index contributed by atoms with van der Waals surface area (Å²) >= 11 is 0. The van der Waals surface area contributed by atoms with Gasteiger partial charge in [0.25, 0.3) is 5.69 Å². The molecular weight excluding hydrogens is 332 g/mol. The third-order valence-electron chi connectivity index (χ3n) is 4.25. The predicted octanol–water partition coefficient (Wildman–Crippen LogP) is 4.69. The van der Waals surface area contributed by atoms with Crippen molar-refractivity contribution in [3.63, 3.8) is 0 Å². The molecule has 0 radical (unpaired) electrons. The minimum atomic E-state index is -0.511. The van der Waals surface area contributed by atoms with Gasteiger partial charge in [0.1, 0.15) is 17.0 Å². The zero-order valence-electron chi connectivity index (χ0n) is 13.9. The number of benzene rings is 3. The lowest BCUT2D eigenvalue weighted by molar-refractivity contribution is -0.383. The van der Waals surface area contributed by atoms with E-state index in [1.807, 2.05) is 19.1 Å². The van der Waals surface area contributed by atoms with Crippen molar-refractivity contribution in [3.8, 4) is 11.5 Å². The zero-order chi connectivity index (χ0) is 18.3. The van der Waals surface area contributed by atoms with Gasteiger partial charge in [0.05, 0.1) is 10.3 Å². The number of nitro benzene ring substituents is 1. The van der Waals surface area contributed by atoms with Gasteiger partial charge in [0.15, 0.2) is 0 Å². The van der Waals surface area contributed by atoms with Gasteiger partial charge in [-0.2, -0.15) is 0 Å². The van der Waals surface area contributed by atoms with Crippen LogP contribution in [-0.2, 0) is 0 Å². The highest BCUT2D eigenvalue weighted by Gasteiger charge is 2.20. The zero-order valence-corrected chi connectivity index (χ0v) is 13.9. The number of nitro groups is 1. The number of hydrogen-bond donors (Lipinski definition) is 1. The standard InChI is InChI=1S/C20H14N2O4/c1-12-6-8-13(9-7-12)26-17-11-10-16(22(24)25)19-18(17)20(23)14-4-2-3-5-15(14)21-19/h2-11H,1H3,(H,21,23). The van der Waals surface area contributed by atoms with Crippen molar-refractivity contribution >= 4 is 27.5 Å². The molecule has 0 aliphatic carbocycles. The first-order valence-corrected chi connectivity index (χ1v) is 8.01. The van der Waals surface area contributed by atoms with E-state index in [0.717, 1.165) is 5.56 Å². The van der Waals surface area contributed by atoms with E-state index in [9.17, 15) is 14.9 Å². The lowest BCUT2D eigenvalue weighted by Gasteiger charge is -2.10. The third kappa shape index (κ3) is 2.57. The number of nitrogens with zero attached hydrogens (tertiary/aromatic N) is 1. The predicted molar refractivity (Wildman–Crippen MR) is 100.0 cm³/mol. The number of H-pyrrole nitrogens is 1. The maximum Gasteiger partial charge on any atom is 0.293 e. The van der Waals surface area contributed by atoms with E-state index in [0.29, 0.717) is 16.7 Å². The van der Waals surface area contributed by atoms with Gasteiger partial charge in [-0.3, -0.25) is 14.9 Å². The summed E-state index contributed by atoms with van der Waals surface area (Å²) in [6, 6.07) is 17.1. The molecule has 0 saturated heterocycles. The average Bonchev–Trinajstić information content (AvgIpc) is 2.63. The van der Waals surface area contributed by atoms with E-state index in [4.69, 9.17) is 4.74 Å². The highest BCUT2D eigenvalue weighted by Crippen LogP contribution is 2.33. The van der Waals surface area contributed by atoms with Crippen LogP contribution in [0.15, 0.2) is 65.5 Å². The summed E-state index contributed by atoms with van der Waals surface area (Å²) in [6.07, 6.45) is 0. The Balaban J connectivity index is 2.03. The van der Waals surface area contributed by atoms with Crippen LogP contribution in [0.3, 0.4) is 0 Å².